The Morgan fingerprint density at radius 2 is 1.40 bits per heavy atom. The molecule has 2 aromatic rings. The molecule has 0 aliphatic heterocycles. The molecule has 1 aromatic heterocycles. The van der Waals surface area contributed by atoms with E-state index in [9.17, 15) is 10.2 Å². The van der Waals surface area contributed by atoms with Crippen molar-refractivity contribution in [1.29, 1.82) is 0 Å². The first-order valence-corrected chi connectivity index (χ1v) is 13.1. The van der Waals surface area contributed by atoms with Gasteiger partial charge in [0.1, 0.15) is 11.5 Å². The first-order chi connectivity index (χ1) is 14.7. The van der Waals surface area contributed by atoms with Crippen LogP contribution in [-0.2, 0) is 6.54 Å². The highest BCUT2D eigenvalue weighted by Crippen LogP contribution is 2.41. The molecule has 0 aliphatic carbocycles. The predicted molar refractivity (Wildman–Crippen MR) is 125 cm³/mol. The van der Waals surface area contributed by atoms with Crippen molar-refractivity contribution in [1.82, 2.24) is 20.2 Å². The van der Waals surface area contributed by atoms with Crippen LogP contribution in [-0.4, -0.2) is 36.2 Å². The molecule has 0 saturated heterocycles. The Labute approximate surface area is 189 Å². The summed E-state index contributed by atoms with van der Waals surface area (Å²) in [7, 11) is 0. The summed E-state index contributed by atoms with van der Waals surface area (Å²) in [4.78, 5) is 1.28. The highest BCUT2D eigenvalue weighted by molar-refractivity contribution is 7.99. The monoisotopic (exact) mass is 452 g/mol. The fourth-order valence-corrected chi connectivity index (χ4v) is 5.04. The third-order valence-electron chi connectivity index (χ3n) is 4.93. The minimum Gasteiger partial charge on any atom is -0.507 e. The van der Waals surface area contributed by atoms with Crippen LogP contribution in [0.15, 0.2) is 27.1 Å². The van der Waals surface area contributed by atoms with E-state index in [1.54, 1.807) is 28.6 Å². The van der Waals surface area contributed by atoms with Crippen molar-refractivity contribution in [2.24, 2.45) is 0 Å². The number of hydrogen-bond donors (Lipinski definition) is 2. The van der Waals surface area contributed by atoms with Crippen molar-refractivity contribution in [3.63, 3.8) is 0 Å². The van der Waals surface area contributed by atoms with Crippen molar-refractivity contribution in [2.45, 2.75) is 106 Å². The number of nitrogens with zero attached hydrogens (tertiary/aromatic N) is 4. The lowest BCUT2D eigenvalue weighted by Crippen LogP contribution is -2.00. The summed E-state index contributed by atoms with van der Waals surface area (Å²) in [5.41, 5.74) is 0. The maximum Gasteiger partial charge on any atom is 0.214 e. The molecule has 2 rings (SSSR count). The van der Waals surface area contributed by atoms with Crippen LogP contribution in [0, 0.1) is 0 Å². The second-order valence-electron chi connectivity index (χ2n) is 7.60. The third kappa shape index (κ3) is 8.76. The van der Waals surface area contributed by atoms with Crippen molar-refractivity contribution in [2.75, 3.05) is 5.75 Å². The number of aromatic hydroxyl groups is 2. The Kier molecular flexibility index (Phi) is 12.1. The van der Waals surface area contributed by atoms with Crippen LogP contribution >= 0.6 is 23.5 Å². The summed E-state index contributed by atoms with van der Waals surface area (Å²) in [6, 6.07) is 3.25. The molecule has 30 heavy (non-hydrogen) atoms. The van der Waals surface area contributed by atoms with Crippen molar-refractivity contribution in [3.8, 4) is 11.5 Å². The Bertz CT molecular complexity index is 740. The highest BCUT2D eigenvalue weighted by atomic mass is 32.2. The molecule has 0 bridgehead atoms. The maximum atomic E-state index is 10.4. The lowest BCUT2D eigenvalue weighted by atomic mass is 10.1. The van der Waals surface area contributed by atoms with Gasteiger partial charge >= 0.3 is 0 Å². The van der Waals surface area contributed by atoms with Gasteiger partial charge in [0.15, 0.2) is 0 Å². The Balaban J connectivity index is 1.69. The molecule has 0 amide bonds. The maximum absolute atomic E-state index is 10.4. The van der Waals surface area contributed by atoms with Crippen LogP contribution in [0.1, 0.15) is 84.5 Å². The fourth-order valence-electron chi connectivity index (χ4n) is 3.23. The van der Waals surface area contributed by atoms with Crippen LogP contribution in [0.3, 0.4) is 0 Å². The van der Waals surface area contributed by atoms with Gasteiger partial charge in [0.05, 0.1) is 9.79 Å². The van der Waals surface area contributed by atoms with E-state index in [-0.39, 0.29) is 11.5 Å². The summed E-state index contributed by atoms with van der Waals surface area (Å²) in [6.45, 7) is 5.03. The number of hydrogen-bond acceptors (Lipinski definition) is 7. The number of thioether (sulfide) groups is 1. The van der Waals surface area contributed by atoms with E-state index in [0.717, 1.165) is 30.0 Å². The molecule has 0 unspecified atom stereocenters. The van der Waals surface area contributed by atoms with Gasteiger partial charge in [-0.3, -0.25) is 0 Å². The van der Waals surface area contributed by atoms with Crippen LogP contribution in [0.5, 0.6) is 11.5 Å². The molecule has 0 atom stereocenters. The van der Waals surface area contributed by atoms with E-state index in [2.05, 4.69) is 29.4 Å². The van der Waals surface area contributed by atoms with Crippen molar-refractivity contribution in [3.05, 3.63) is 12.1 Å². The van der Waals surface area contributed by atoms with E-state index >= 15 is 0 Å². The molecular weight excluding hydrogens is 416 g/mol. The predicted octanol–water partition coefficient (Wildman–Crippen LogP) is 6.66. The molecule has 1 aromatic carbocycles. The lowest BCUT2D eigenvalue weighted by molar-refractivity contribution is 0.438. The van der Waals surface area contributed by atoms with E-state index in [1.807, 2.05) is 0 Å². The minimum absolute atomic E-state index is 0.148. The van der Waals surface area contributed by atoms with Gasteiger partial charge in [0, 0.05) is 6.54 Å². The SMILES string of the molecule is CCCCCCCCCCCCSc1cc(O)c(Sc2nnnn2CCC)cc1O. The van der Waals surface area contributed by atoms with Gasteiger partial charge in [0.25, 0.3) is 0 Å². The molecule has 0 aliphatic rings. The van der Waals surface area contributed by atoms with Gasteiger partial charge in [-0.15, -0.1) is 16.9 Å². The molecule has 1 heterocycles. The van der Waals surface area contributed by atoms with Crippen LogP contribution in [0.25, 0.3) is 0 Å². The second-order valence-corrected chi connectivity index (χ2v) is 9.75. The van der Waals surface area contributed by atoms with Gasteiger partial charge in [-0.05, 0) is 52.9 Å². The van der Waals surface area contributed by atoms with Gasteiger partial charge in [0.2, 0.25) is 5.16 Å². The topological polar surface area (TPSA) is 84.1 Å². The number of tetrazole rings is 1. The smallest absolute Gasteiger partial charge is 0.214 e. The average molecular weight is 453 g/mol. The number of aryl methyl sites for hydroxylation is 1. The molecule has 0 radical (unpaired) electrons. The summed E-state index contributed by atoms with van der Waals surface area (Å²) in [6.07, 6.45) is 14.1. The van der Waals surface area contributed by atoms with Gasteiger partial charge in [-0.1, -0.05) is 71.6 Å². The number of aromatic nitrogens is 4. The van der Waals surface area contributed by atoms with E-state index in [0.29, 0.717) is 10.1 Å². The largest absolute Gasteiger partial charge is 0.507 e. The average Bonchev–Trinajstić information content (AvgIpc) is 3.16. The zero-order valence-electron chi connectivity index (χ0n) is 18.3. The number of unbranched alkanes of at least 4 members (excludes halogenated alkanes) is 9. The third-order valence-corrected chi connectivity index (χ3v) is 7.08. The lowest BCUT2D eigenvalue weighted by Gasteiger charge is -2.09. The van der Waals surface area contributed by atoms with Gasteiger partial charge < -0.3 is 10.2 Å². The molecule has 2 N–H and O–H groups in total. The summed E-state index contributed by atoms with van der Waals surface area (Å²) in [5, 5.41) is 33.0. The van der Waals surface area contributed by atoms with Crippen LogP contribution in [0.2, 0.25) is 0 Å². The Morgan fingerprint density at radius 3 is 2.07 bits per heavy atom. The van der Waals surface area contributed by atoms with Crippen LogP contribution < -0.4 is 0 Å². The molecule has 8 heteroatoms. The second kappa shape index (κ2) is 14.6. The van der Waals surface area contributed by atoms with Gasteiger partial charge in [-0.25, -0.2) is 4.68 Å². The molecule has 168 valence electrons. The zero-order valence-corrected chi connectivity index (χ0v) is 20.0. The first-order valence-electron chi connectivity index (χ1n) is 11.3. The minimum atomic E-state index is 0.148. The first kappa shape index (κ1) is 24.9. The molecule has 0 saturated carbocycles. The van der Waals surface area contributed by atoms with Crippen molar-refractivity contribution < 1.29 is 10.2 Å². The van der Waals surface area contributed by atoms with E-state index in [4.69, 9.17) is 0 Å². The Morgan fingerprint density at radius 1 is 0.800 bits per heavy atom. The van der Waals surface area contributed by atoms with Crippen LogP contribution in [0.4, 0.5) is 0 Å². The van der Waals surface area contributed by atoms with Crippen molar-refractivity contribution >= 4 is 23.5 Å². The molecule has 0 spiro atoms. The summed E-state index contributed by atoms with van der Waals surface area (Å²) < 4.78 is 1.70. The Hall–Kier alpha value is -1.41. The summed E-state index contributed by atoms with van der Waals surface area (Å²) in [5.74, 6) is 1.29. The highest BCUT2D eigenvalue weighted by Gasteiger charge is 2.14. The summed E-state index contributed by atoms with van der Waals surface area (Å²) >= 11 is 2.87. The number of phenols is 2. The molecule has 6 nitrogen and oxygen atoms in total. The number of phenolic OH excluding ortho intramolecular Hbond substituents is 2. The molecular formula is C22H36N4O2S2. The zero-order chi connectivity index (χ0) is 21.6. The normalized spacial score (nSPS) is 11.3. The number of benzene rings is 1. The van der Waals surface area contributed by atoms with E-state index < -0.39 is 0 Å². The quantitative estimate of drug-likeness (QED) is 0.167. The fraction of sp³-hybridized carbons (Fsp3) is 0.682. The van der Waals surface area contributed by atoms with E-state index in [1.165, 1.54) is 69.5 Å². The van der Waals surface area contributed by atoms with Gasteiger partial charge in [-0.2, -0.15) is 0 Å². The standard InChI is InChI=1S/C22H36N4O2S2/c1-3-5-6-7-8-9-10-11-12-13-15-29-20-16-19(28)21(17-18(20)27)30-22-23-24-25-26(22)14-4-2/h16-17,27-28H,3-15H2,1-2H3. The number of rotatable bonds is 16. The molecule has 0 fully saturated rings.